The van der Waals surface area contributed by atoms with Gasteiger partial charge in [-0.05, 0) is 24.7 Å². The molecule has 0 nitrogen and oxygen atoms in total. The monoisotopic (exact) mass is 190 g/mol. The SMILES string of the molecule is CCCC(C)C(C)(C)CC(C)Cl. The van der Waals surface area contributed by atoms with Crippen molar-refractivity contribution in [3.8, 4) is 0 Å². The van der Waals surface area contributed by atoms with Crippen molar-refractivity contribution < 1.29 is 0 Å². The molecule has 0 aromatic heterocycles. The van der Waals surface area contributed by atoms with E-state index in [0.717, 1.165) is 12.3 Å². The molecule has 0 fully saturated rings. The quantitative estimate of drug-likeness (QED) is 0.562. The Hall–Kier alpha value is 0.290. The van der Waals surface area contributed by atoms with Crippen LogP contribution in [0.1, 0.15) is 53.9 Å². The van der Waals surface area contributed by atoms with E-state index in [9.17, 15) is 0 Å². The summed E-state index contributed by atoms with van der Waals surface area (Å²) in [5.74, 6) is 0.781. The van der Waals surface area contributed by atoms with Gasteiger partial charge < -0.3 is 0 Å². The first-order chi connectivity index (χ1) is 5.40. The summed E-state index contributed by atoms with van der Waals surface area (Å²) in [5, 5.41) is 0.305. The van der Waals surface area contributed by atoms with E-state index in [0.29, 0.717) is 10.8 Å². The number of rotatable bonds is 5. The predicted molar refractivity (Wildman–Crippen MR) is 57.8 cm³/mol. The normalized spacial score (nSPS) is 17.5. The largest absolute Gasteiger partial charge is 0.123 e. The first kappa shape index (κ1) is 12.3. The van der Waals surface area contributed by atoms with Crippen LogP contribution in [0.5, 0.6) is 0 Å². The van der Waals surface area contributed by atoms with Crippen LogP contribution in [0.4, 0.5) is 0 Å². The van der Waals surface area contributed by atoms with Crippen LogP contribution in [0.3, 0.4) is 0 Å². The molecule has 2 unspecified atom stereocenters. The maximum atomic E-state index is 6.01. The number of halogens is 1. The highest BCUT2D eigenvalue weighted by molar-refractivity contribution is 6.20. The second kappa shape index (κ2) is 5.11. The Balaban J connectivity index is 3.99. The summed E-state index contributed by atoms with van der Waals surface area (Å²) >= 11 is 6.01. The Morgan fingerprint density at radius 1 is 1.25 bits per heavy atom. The van der Waals surface area contributed by atoms with Gasteiger partial charge in [0.2, 0.25) is 0 Å². The van der Waals surface area contributed by atoms with Gasteiger partial charge in [0, 0.05) is 5.38 Å². The second-order valence-electron chi connectivity index (χ2n) is 4.66. The Bertz CT molecular complexity index is 116. The molecule has 0 N–H and O–H groups in total. The summed E-state index contributed by atoms with van der Waals surface area (Å²) in [6, 6.07) is 0. The van der Waals surface area contributed by atoms with Gasteiger partial charge in [0.25, 0.3) is 0 Å². The van der Waals surface area contributed by atoms with Gasteiger partial charge in [0.15, 0.2) is 0 Å². The van der Waals surface area contributed by atoms with Gasteiger partial charge >= 0.3 is 0 Å². The van der Waals surface area contributed by atoms with Crippen LogP contribution in [-0.2, 0) is 0 Å². The highest BCUT2D eigenvalue weighted by Gasteiger charge is 2.26. The molecular weight excluding hydrogens is 168 g/mol. The van der Waals surface area contributed by atoms with Gasteiger partial charge in [-0.3, -0.25) is 0 Å². The Labute approximate surface area is 82.7 Å². The first-order valence-electron chi connectivity index (χ1n) is 5.04. The van der Waals surface area contributed by atoms with E-state index in [-0.39, 0.29) is 0 Å². The zero-order chi connectivity index (χ0) is 9.78. The Kier molecular flexibility index (Phi) is 5.24. The predicted octanol–water partition coefficient (Wildman–Crippen LogP) is 4.47. The van der Waals surface area contributed by atoms with Crippen LogP contribution in [-0.4, -0.2) is 5.38 Å². The molecule has 0 saturated carbocycles. The van der Waals surface area contributed by atoms with Gasteiger partial charge in [-0.25, -0.2) is 0 Å². The maximum Gasteiger partial charge on any atom is 0.0313 e. The molecule has 0 aliphatic carbocycles. The van der Waals surface area contributed by atoms with E-state index in [4.69, 9.17) is 11.6 Å². The van der Waals surface area contributed by atoms with Gasteiger partial charge in [0.1, 0.15) is 0 Å². The summed E-state index contributed by atoms with van der Waals surface area (Å²) in [7, 11) is 0. The summed E-state index contributed by atoms with van der Waals surface area (Å²) < 4.78 is 0. The van der Waals surface area contributed by atoms with Gasteiger partial charge in [0.05, 0.1) is 0 Å². The highest BCUT2D eigenvalue weighted by atomic mass is 35.5. The fourth-order valence-electron chi connectivity index (χ4n) is 1.75. The number of alkyl halides is 1. The highest BCUT2D eigenvalue weighted by Crippen LogP contribution is 2.35. The Morgan fingerprint density at radius 3 is 2.08 bits per heavy atom. The molecule has 1 heteroatoms. The first-order valence-corrected chi connectivity index (χ1v) is 5.48. The lowest BCUT2D eigenvalue weighted by molar-refractivity contribution is 0.199. The summed E-state index contributed by atoms with van der Waals surface area (Å²) in [6.45, 7) is 11.3. The molecule has 0 heterocycles. The third-order valence-corrected chi connectivity index (χ3v) is 3.02. The fraction of sp³-hybridized carbons (Fsp3) is 1.00. The van der Waals surface area contributed by atoms with Crippen LogP contribution >= 0.6 is 11.6 Å². The molecule has 0 rings (SSSR count). The van der Waals surface area contributed by atoms with Crippen molar-refractivity contribution in [2.75, 3.05) is 0 Å². The summed E-state index contributed by atoms with van der Waals surface area (Å²) in [4.78, 5) is 0. The van der Waals surface area contributed by atoms with E-state index in [2.05, 4.69) is 34.6 Å². The Morgan fingerprint density at radius 2 is 1.75 bits per heavy atom. The molecule has 0 bridgehead atoms. The second-order valence-corrected chi connectivity index (χ2v) is 5.41. The third-order valence-electron chi connectivity index (χ3n) is 2.86. The minimum Gasteiger partial charge on any atom is -0.123 e. The molecule has 12 heavy (non-hydrogen) atoms. The van der Waals surface area contributed by atoms with Gasteiger partial charge in [-0.15, -0.1) is 11.6 Å². The lowest BCUT2D eigenvalue weighted by Gasteiger charge is -2.32. The smallest absolute Gasteiger partial charge is 0.0313 e. The lowest BCUT2D eigenvalue weighted by atomic mass is 9.74. The van der Waals surface area contributed by atoms with Crippen molar-refractivity contribution in [2.24, 2.45) is 11.3 Å². The topological polar surface area (TPSA) is 0 Å². The average molecular weight is 191 g/mol. The molecular formula is C11H23Cl. The maximum absolute atomic E-state index is 6.01. The minimum absolute atomic E-state index is 0.305. The number of hydrogen-bond acceptors (Lipinski definition) is 0. The van der Waals surface area contributed by atoms with Gasteiger partial charge in [-0.1, -0.05) is 40.5 Å². The summed E-state index contributed by atoms with van der Waals surface area (Å²) in [6.07, 6.45) is 3.72. The van der Waals surface area contributed by atoms with Crippen molar-refractivity contribution >= 4 is 11.6 Å². The molecule has 0 amide bonds. The molecule has 0 aliphatic rings. The van der Waals surface area contributed by atoms with Crippen molar-refractivity contribution in [3.63, 3.8) is 0 Å². The van der Waals surface area contributed by atoms with Crippen LogP contribution in [0.25, 0.3) is 0 Å². The van der Waals surface area contributed by atoms with Gasteiger partial charge in [-0.2, -0.15) is 0 Å². The van der Waals surface area contributed by atoms with Crippen LogP contribution in [0.15, 0.2) is 0 Å². The molecule has 0 aliphatic heterocycles. The van der Waals surface area contributed by atoms with Crippen LogP contribution < -0.4 is 0 Å². The van der Waals surface area contributed by atoms with Crippen molar-refractivity contribution in [1.82, 2.24) is 0 Å². The van der Waals surface area contributed by atoms with Crippen LogP contribution in [0, 0.1) is 11.3 Å². The van der Waals surface area contributed by atoms with E-state index in [1.807, 2.05) is 0 Å². The van der Waals surface area contributed by atoms with Crippen molar-refractivity contribution in [2.45, 2.75) is 59.3 Å². The molecule has 2 atom stereocenters. The molecule has 0 aromatic rings. The summed E-state index contributed by atoms with van der Waals surface area (Å²) in [5.41, 5.74) is 0.400. The standard InChI is InChI=1S/C11H23Cl/c1-6-7-9(2)11(4,5)8-10(3)12/h9-10H,6-8H2,1-5H3. The number of hydrogen-bond donors (Lipinski definition) is 0. The molecule has 74 valence electrons. The fourth-order valence-corrected chi connectivity index (χ4v) is 2.15. The zero-order valence-corrected chi connectivity index (χ0v) is 9.91. The van der Waals surface area contributed by atoms with E-state index < -0.39 is 0 Å². The lowest BCUT2D eigenvalue weighted by Crippen LogP contribution is -2.24. The molecule has 0 spiro atoms. The average Bonchev–Trinajstić information content (AvgIpc) is 1.85. The molecule has 0 aromatic carbocycles. The van der Waals surface area contributed by atoms with Crippen LogP contribution in [0.2, 0.25) is 0 Å². The van der Waals surface area contributed by atoms with Crippen molar-refractivity contribution in [1.29, 1.82) is 0 Å². The van der Waals surface area contributed by atoms with E-state index in [1.165, 1.54) is 12.8 Å². The minimum atomic E-state index is 0.305. The van der Waals surface area contributed by atoms with E-state index in [1.54, 1.807) is 0 Å². The molecule has 0 radical (unpaired) electrons. The zero-order valence-electron chi connectivity index (χ0n) is 9.15. The van der Waals surface area contributed by atoms with E-state index >= 15 is 0 Å². The third kappa shape index (κ3) is 4.35. The van der Waals surface area contributed by atoms with Crippen molar-refractivity contribution in [3.05, 3.63) is 0 Å². The molecule has 0 saturated heterocycles.